The van der Waals surface area contributed by atoms with Gasteiger partial charge in [-0.05, 0) is 41.0 Å². The topological polar surface area (TPSA) is 64.7 Å². The minimum absolute atomic E-state index is 0.0157. The molecule has 2 heterocycles. The van der Waals surface area contributed by atoms with Crippen molar-refractivity contribution in [1.29, 1.82) is 0 Å². The zero-order chi connectivity index (χ0) is 22.5. The van der Waals surface area contributed by atoms with E-state index < -0.39 is 18.4 Å². The number of carbonyl (C=O) groups excluding carboxylic acids is 2. The molecule has 2 aliphatic rings. The Morgan fingerprint density at radius 2 is 1.41 bits per heavy atom. The molecule has 2 fully saturated rings. The van der Waals surface area contributed by atoms with E-state index in [-0.39, 0.29) is 56.0 Å². The summed E-state index contributed by atoms with van der Waals surface area (Å²) in [4.78, 5) is 25.6. The van der Waals surface area contributed by atoms with Crippen LogP contribution in [0, 0.1) is 0 Å². The summed E-state index contributed by atoms with van der Waals surface area (Å²) in [5, 5.41) is 5.36. The summed E-state index contributed by atoms with van der Waals surface area (Å²) in [6.07, 6.45) is -0.202. The van der Waals surface area contributed by atoms with Gasteiger partial charge in [0.05, 0.1) is 6.54 Å². The summed E-state index contributed by atoms with van der Waals surface area (Å²) in [6.45, 7) is 9.44. The Kier molecular flexibility index (Phi) is 8.59. The number of amides is 4. The van der Waals surface area contributed by atoms with Crippen molar-refractivity contribution in [3.05, 3.63) is 0 Å². The first-order valence-electron chi connectivity index (χ1n) is 9.98. The Morgan fingerprint density at radius 3 is 1.86 bits per heavy atom. The van der Waals surface area contributed by atoms with Crippen LogP contribution < -0.4 is 10.6 Å². The number of hydrogen-bond acceptors (Lipinski definition) is 2. The summed E-state index contributed by atoms with van der Waals surface area (Å²) < 4.78 is 51.5. The molecule has 0 aromatic rings. The lowest BCUT2D eigenvalue weighted by molar-refractivity contribution is -0.0525. The highest BCUT2D eigenvalue weighted by Gasteiger charge is 2.37. The largest absolute Gasteiger partial charge is 0.336 e. The summed E-state index contributed by atoms with van der Waals surface area (Å²) in [5.74, 6) is -5.31. The van der Waals surface area contributed by atoms with E-state index in [4.69, 9.17) is 0 Å². The Balaban J connectivity index is 0.000000291. The van der Waals surface area contributed by atoms with Gasteiger partial charge in [-0.2, -0.15) is 0 Å². The minimum Gasteiger partial charge on any atom is -0.336 e. The maximum Gasteiger partial charge on any atom is 0.317 e. The zero-order valence-corrected chi connectivity index (χ0v) is 18.0. The van der Waals surface area contributed by atoms with Crippen LogP contribution in [0.25, 0.3) is 0 Å². The highest BCUT2D eigenvalue weighted by Crippen LogP contribution is 2.28. The van der Waals surface area contributed by atoms with E-state index in [0.29, 0.717) is 13.0 Å². The second-order valence-corrected chi connectivity index (χ2v) is 9.01. The molecule has 2 N–H and O–H groups in total. The molecule has 0 aliphatic carbocycles. The van der Waals surface area contributed by atoms with Crippen LogP contribution in [0.3, 0.4) is 0 Å². The van der Waals surface area contributed by atoms with Crippen LogP contribution in [0.5, 0.6) is 0 Å². The van der Waals surface area contributed by atoms with E-state index in [2.05, 4.69) is 10.6 Å². The van der Waals surface area contributed by atoms with Gasteiger partial charge < -0.3 is 20.4 Å². The molecule has 170 valence electrons. The van der Waals surface area contributed by atoms with E-state index in [1.54, 1.807) is 13.8 Å². The molecule has 10 heteroatoms. The Morgan fingerprint density at radius 1 is 0.862 bits per heavy atom. The van der Waals surface area contributed by atoms with Crippen molar-refractivity contribution < 1.29 is 27.2 Å². The summed E-state index contributed by atoms with van der Waals surface area (Å²) in [6, 6.07) is -0.657. The number of urea groups is 2. The number of halogens is 4. The molecule has 0 atom stereocenters. The molecule has 2 rings (SSSR count). The molecule has 0 bridgehead atoms. The van der Waals surface area contributed by atoms with Crippen LogP contribution >= 0.6 is 0 Å². The van der Waals surface area contributed by atoms with E-state index in [0.717, 1.165) is 0 Å². The Labute approximate surface area is 170 Å². The predicted molar refractivity (Wildman–Crippen MR) is 103 cm³/mol. The van der Waals surface area contributed by atoms with E-state index in [1.165, 1.54) is 9.80 Å². The molecular weight excluding hydrogens is 392 g/mol. The van der Waals surface area contributed by atoms with Crippen LogP contribution in [-0.4, -0.2) is 71.5 Å². The molecule has 0 aromatic heterocycles. The van der Waals surface area contributed by atoms with Gasteiger partial charge in [0, 0.05) is 50.5 Å². The highest BCUT2D eigenvalue weighted by atomic mass is 19.3. The zero-order valence-electron chi connectivity index (χ0n) is 18.0. The third-order valence-corrected chi connectivity index (χ3v) is 4.36. The monoisotopic (exact) mass is 426 g/mol. The maximum absolute atomic E-state index is 12.9. The first-order valence-corrected chi connectivity index (χ1v) is 9.98. The SMILES string of the molecule is CC(C)(C)NC(=O)N1CCC(F)(F)CC1.CC(C)NC(=O)N1CCCC(F)(F)C1. The van der Waals surface area contributed by atoms with Crippen LogP contribution in [0.2, 0.25) is 0 Å². The number of nitrogens with one attached hydrogen (secondary N) is 2. The molecule has 4 amide bonds. The Bertz CT molecular complexity index is 555. The number of piperidine rings is 2. The molecule has 6 nitrogen and oxygen atoms in total. The van der Waals surface area contributed by atoms with Crippen molar-refractivity contribution in [3.63, 3.8) is 0 Å². The quantitative estimate of drug-likeness (QED) is 0.621. The van der Waals surface area contributed by atoms with Gasteiger partial charge in [0.15, 0.2) is 0 Å². The fourth-order valence-corrected chi connectivity index (χ4v) is 2.91. The van der Waals surface area contributed by atoms with Crippen LogP contribution in [0.15, 0.2) is 0 Å². The van der Waals surface area contributed by atoms with Crippen LogP contribution in [0.1, 0.15) is 60.3 Å². The number of hydrogen-bond donors (Lipinski definition) is 2. The molecule has 0 saturated carbocycles. The van der Waals surface area contributed by atoms with E-state index in [1.807, 2.05) is 20.8 Å². The number of likely N-dealkylation sites (tertiary alicyclic amines) is 2. The van der Waals surface area contributed by atoms with Crippen LogP contribution in [-0.2, 0) is 0 Å². The Hall–Kier alpha value is -1.74. The number of carbonyl (C=O) groups is 2. The lowest BCUT2D eigenvalue weighted by Gasteiger charge is -2.34. The average molecular weight is 426 g/mol. The molecule has 0 unspecified atom stereocenters. The van der Waals surface area contributed by atoms with Gasteiger partial charge in [-0.25, -0.2) is 27.2 Å². The van der Waals surface area contributed by atoms with Crippen LogP contribution in [0.4, 0.5) is 27.2 Å². The first kappa shape index (κ1) is 25.3. The first-order chi connectivity index (χ1) is 13.1. The summed E-state index contributed by atoms with van der Waals surface area (Å²) in [7, 11) is 0. The third kappa shape index (κ3) is 10.0. The molecular formula is C19H34F4N4O2. The number of rotatable bonds is 1. The third-order valence-electron chi connectivity index (χ3n) is 4.36. The molecule has 2 aliphatic heterocycles. The van der Waals surface area contributed by atoms with Crippen molar-refractivity contribution in [1.82, 2.24) is 20.4 Å². The molecule has 2 saturated heterocycles. The van der Waals surface area contributed by atoms with Crippen molar-refractivity contribution >= 4 is 12.1 Å². The highest BCUT2D eigenvalue weighted by molar-refractivity contribution is 5.75. The summed E-state index contributed by atoms with van der Waals surface area (Å²) >= 11 is 0. The number of alkyl halides is 4. The van der Waals surface area contributed by atoms with Gasteiger partial charge in [-0.3, -0.25) is 0 Å². The molecule has 0 radical (unpaired) electrons. The second-order valence-electron chi connectivity index (χ2n) is 9.01. The minimum atomic E-state index is -2.72. The lowest BCUT2D eigenvalue weighted by atomic mass is 10.1. The van der Waals surface area contributed by atoms with Gasteiger partial charge in [-0.1, -0.05) is 0 Å². The smallest absolute Gasteiger partial charge is 0.317 e. The van der Waals surface area contributed by atoms with Crippen molar-refractivity contribution in [2.45, 2.75) is 83.7 Å². The summed E-state index contributed by atoms with van der Waals surface area (Å²) in [5.41, 5.74) is -0.322. The predicted octanol–water partition coefficient (Wildman–Crippen LogP) is 4.06. The van der Waals surface area contributed by atoms with Gasteiger partial charge >= 0.3 is 12.1 Å². The van der Waals surface area contributed by atoms with Crippen molar-refractivity contribution in [3.8, 4) is 0 Å². The second kappa shape index (κ2) is 9.84. The fourth-order valence-electron chi connectivity index (χ4n) is 2.91. The van der Waals surface area contributed by atoms with Gasteiger partial charge in [-0.15, -0.1) is 0 Å². The molecule has 0 aromatic carbocycles. The number of nitrogens with zero attached hydrogens (tertiary/aromatic N) is 2. The fraction of sp³-hybridized carbons (Fsp3) is 0.895. The average Bonchev–Trinajstić information content (AvgIpc) is 2.52. The van der Waals surface area contributed by atoms with Gasteiger partial charge in [0.25, 0.3) is 11.8 Å². The van der Waals surface area contributed by atoms with E-state index >= 15 is 0 Å². The molecule has 0 spiro atoms. The van der Waals surface area contributed by atoms with Crippen molar-refractivity contribution in [2.24, 2.45) is 0 Å². The van der Waals surface area contributed by atoms with Crippen molar-refractivity contribution in [2.75, 3.05) is 26.2 Å². The van der Waals surface area contributed by atoms with Gasteiger partial charge in [0.1, 0.15) is 0 Å². The normalized spacial score (nSPS) is 21.2. The molecule has 29 heavy (non-hydrogen) atoms. The lowest BCUT2D eigenvalue weighted by Crippen LogP contribution is -2.52. The maximum atomic E-state index is 12.9. The van der Waals surface area contributed by atoms with E-state index in [9.17, 15) is 27.2 Å². The standard InChI is InChI=1S/C10H18F2N2O.C9H16F2N2O/c1-9(2,3)13-8(15)14-6-4-10(11,12)5-7-14;1-7(2)12-8(14)13-5-3-4-9(10,11)6-13/h4-7H2,1-3H3,(H,13,15);7H,3-6H2,1-2H3,(H,12,14). The van der Waals surface area contributed by atoms with Gasteiger partial charge in [0.2, 0.25) is 0 Å².